The van der Waals surface area contributed by atoms with Crippen molar-refractivity contribution in [2.24, 2.45) is 0 Å². The molecule has 3 rings (SSSR count). The molecule has 1 aromatic heterocycles. The fourth-order valence-corrected chi connectivity index (χ4v) is 4.69. The predicted octanol–water partition coefficient (Wildman–Crippen LogP) is 1.53. The van der Waals surface area contributed by atoms with Crippen LogP contribution >= 0.6 is 0 Å². The number of pyridine rings is 1. The molecule has 1 fully saturated rings. The SMILES string of the molecule is Cc1nccc2c(S(=O)(=O)N3CCNCC3C)cccc12. The van der Waals surface area contributed by atoms with Crippen molar-refractivity contribution in [3.05, 3.63) is 36.2 Å². The quantitative estimate of drug-likeness (QED) is 0.914. The Morgan fingerprint density at radius 3 is 2.86 bits per heavy atom. The van der Waals surface area contributed by atoms with E-state index < -0.39 is 10.0 Å². The minimum Gasteiger partial charge on any atom is -0.314 e. The summed E-state index contributed by atoms with van der Waals surface area (Å²) in [4.78, 5) is 4.61. The van der Waals surface area contributed by atoms with E-state index in [-0.39, 0.29) is 6.04 Å². The summed E-state index contributed by atoms with van der Waals surface area (Å²) < 4.78 is 27.6. The number of rotatable bonds is 2. The van der Waals surface area contributed by atoms with Crippen molar-refractivity contribution < 1.29 is 8.42 Å². The van der Waals surface area contributed by atoms with Crippen molar-refractivity contribution in [1.82, 2.24) is 14.6 Å². The summed E-state index contributed by atoms with van der Waals surface area (Å²) in [5.41, 5.74) is 0.845. The molecule has 21 heavy (non-hydrogen) atoms. The number of nitrogens with zero attached hydrogens (tertiary/aromatic N) is 2. The van der Waals surface area contributed by atoms with Crippen molar-refractivity contribution in [1.29, 1.82) is 0 Å². The normalized spacial score (nSPS) is 20.8. The monoisotopic (exact) mass is 305 g/mol. The lowest BCUT2D eigenvalue weighted by Gasteiger charge is -2.33. The molecule has 5 nitrogen and oxygen atoms in total. The van der Waals surface area contributed by atoms with Gasteiger partial charge in [-0.2, -0.15) is 4.31 Å². The molecule has 0 spiro atoms. The maximum absolute atomic E-state index is 13.0. The summed E-state index contributed by atoms with van der Waals surface area (Å²) in [7, 11) is -3.49. The van der Waals surface area contributed by atoms with E-state index in [1.807, 2.05) is 19.9 Å². The molecule has 1 unspecified atom stereocenters. The second-order valence-electron chi connectivity index (χ2n) is 5.42. The first-order chi connectivity index (χ1) is 10.0. The van der Waals surface area contributed by atoms with E-state index in [1.165, 1.54) is 0 Å². The number of benzene rings is 1. The van der Waals surface area contributed by atoms with Crippen LogP contribution in [0.15, 0.2) is 35.4 Å². The number of piperazine rings is 1. The van der Waals surface area contributed by atoms with E-state index in [0.29, 0.717) is 24.5 Å². The zero-order valence-electron chi connectivity index (χ0n) is 12.2. The highest BCUT2D eigenvalue weighted by Gasteiger charge is 2.31. The summed E-state index contributed by atoms with van der Waals surface area (Å²) in [5, 5.41) is 4.85. The first-order valence-electron chi connectivity index (χ1n) is 7.08. The molecule has 0 aliphatic carbocycles. The molecule has 2 aromatic rings. The molecule has 0 amide bonds. The second kappa shape index (κ2) is 5.36. The third-order valence-corrected chi connectivity index (χ3v) is 6.06. The molecule has 0 radical (unpaired) electrons. The van der Waals surface area contributed by atoms with E-state index in [9.17, 15) is 8.42 Å². The van der Waals surface area contributed by atoms with Crippen LogP contribution in [0.2, 0.25) is 0 Å². The Morgan fingerprint density at radius 1 is 1.29 bits per heavy atom. The van der Waals surface area contributed by atoms with E-state index in [4.69, 9.17) is 0 Å². The molecule has 0 bridgehead atoms. The van der Waals surface area contributed by atoms with Gasteiger partial charge < -0.3 is 5.32 Å². The number of fused-ring (bicyclic) bond motifs is 1. The number of aryl methyl sites for hydroxylation is 1. The van der Waals surface area contributed by atoms with E-state index in [0.717, 1.165) is 16.5 Å². The average molecular weight is 305 g/mol. The Bertz CT molecular complexity index is 774. The maximum Gasteiger partial charge on any atom is 0.244 e. The van der Waals surface area contributed by atoms with Crippen LogP contribution in [0.4, 0.5) is 0 Å². The molecular weight excluding hydrogens is 286 g/mol. The van der Waals surface area contributed by atoms with Crippen molar-refractivity contribution in [2.75, 3.05) is 19.6 Å². The highest BCUT2D eigenvalue weighted by Crippen LogP contribution is 2.28. The van der Waals surface area contributed by atoms with Crippen LogP contribution in [0.3, 0.4) is 0 Å². The van der Waals surface area contributed by atoms with Crippen molar-refractivity contribution >= 4 is 20.8 Å². The number of aromatic nitrogens is 1. The molecule has 1 atom stereocenters. The van der Waals surface area contributed by atoms with Gasteiger partial charge in [0.05, 0.1) is 4.90 Å². The van der Waals surface area contributed by atoms with Gasteiger partial charge in [0, 0.05) is 48.3 Å². The van der Waals surface area contributed by atoms with Crippen LogP contribution in [0.1, 0.15) is 12.6 Å². The third-order valence-electron chi connectivity index (χ3n) is 3.99. The van der Waals surface area contributed by atoms with Gasteiger partial charge in [0.25, 0.3) is 0 Å². The molecule has 1 N–H and O–H groups in total. The second-order valence-corrected chi connectivity index (χ2v) is 7.28. The van der Waals surface area contributed by atoms with Gasteiger partial charge >= 0.3 is 0 Å². The Labute approximate surface area is 125 Å². The van der Waals surface area contributed by atoms with Crippen LogP contribution in [0.25, 0.3) is 10.8 Å². The minimum atomic E-state index is -3.49. The highest BCUT2D eigenvalue weighted by molar-refractivity contribution is 7.89. The Hall–Kier alpha value is -1.50. The summed E-state index contributed by atoms with van der Waals surface area (Å²) in [6.45, 7) is 5.71. The number of sulfonamides is 1. The van der Waals surface area contributed by atoms with Crippen LogP contribution in [0, 0.1) is 6.92 Å². The summed E-state index contributed by atoms with van der Waals surface area (Å²) >= 11 is 0. The highest BCUT2D eigenvalue weighted by atomic mass is 32.2. The van der Waals surface area contributed by atoms with Crippen LogP contribution in [-0.4, -0.2) is 43.4 Å². The Balaban J connectivity index is 2.17. The van der Waals surface area contributed by atoms with Crippen LogP contribution < -0.4 is 5.32 Å². The zero-order valence-corrected chi connectivity index (χ0v) is 13.0. The van der Waals surface area contributed by atoms with Gasteiger partial charge in [-0.1, -0.05) is 12.1 Å². The lowest BCUT2D eigenvalue weighted by atomic mass is 10.1. The Kier molecular flexibility index (Phi) is 3.69. The summed E-state index contributed by atoms with van der Waals surface area (Å²) in [6.07, 6.45) is 1.66. The average Bonchev–Trinajstić information content (AvgIpc) is 2.47. The molecule has 2 heterocycles. The number of hydrogen-bond donors (Lipinski definition) is 1. The molecule has 1 aliphatic rings. The van der Waals surface area contributed by atoms with E-state index in [2.05, 4.69) is 10.3 Å². The van der Waals surface area contributed by atoms with Crippen LogP contribution in [-0.2, 0) is 10.0 Å². The number of hydrogen-bond acceptors (Lipinski definition) is 4. The standard InChI is InChI=1S/C15H19N3O2S/c1-11-10-16-8-9-18(11)21(19,20)15-5-3-4-13-12(2)17-7-6-14(13)15/h3-7,11,16H,8-10H2,1-2H3. The molecule has 0 saturated carbocycles. The van der Waals surface area contributed by atoms with E-state index >= 15 is 0 Å². The summed E-state index contributed by atoms with van der Waals surface area (Å²) in [5.74, 6) is 0. The largest absolute Gasteiger partial charge is 0.314 e. The topological polar surface area (TPSA) is 62.3 Å². The van der Waals surface area contributed by atoms with Gasteiger partial charge in [-0.25, -0.2) is 8.42 Å². The van der Waals surface area contributed by atoms with Gasteiger partial charge in [0.15, 0.2) is 0 Å². The van der Waals surface area contributed by atoms with Gasteiger partial charge in [-0.3, -0.25) is 4.98 Å². The van der Waals surface area contributed by atoms with Crippen molar-refractivity contribution in [3.63, 3.8) is 0 Å². The van der Waals surface area contributed by atoms with Gasteiger partial charge in [-0.05, 0) is 26.0 Å². The van der Waals surface area contributed by atoms with E-state index in [1.54, 1.807) is 28.7 Å². The molecule has 1 aromatic carbocycles. The van der Waals surface area contributed by atoms with Gasteiger partial charge in [-0.15, -0.1) is 0 Å². The lowest BCUT2D eigenvalue weighted by molar-refractivity contribution is 0.284. The maximum atomic E-state index is 13.0. The lowest BCUT2D eigenvalue weighted by Crippen LogP contribution is -2.52. The smallest absolute Gasteiger partial charge is 0.244 e. The van der Waals surface area contributed by atoms with Crippen molar-refractivity contribution in [2.45, 2.75) is 24.8 Å². The van der Waals surface area contributed by atoms with Gasteiger partial charge in [0.1, 0.15) is 0 Å². The van der Waals surface area contributed by atoms with Crippen LogP contribution in [0.5, 0.6) is 0 Å². The zero-order chi connectivity index (χ0) is 15.0. The molecule has 1 aliphatic heterocycles. The first-order valence-corrected chi connectivity index (χ1v) is 8.53. The molecule has 6 heteroatoms. The third kappa shape index (κ3) is 2.43. The fourth-order valence-electron chi connectivity index (χ4n) is 2.86. The molecule has 1 saturated heterocycles. The van der Waals surface area contributed by atoms with Crippen molar-refractivity contribution in [3.8, 4) is 0 Å². The summed E-state index contributed by atoms with van der Waals surface area (Å²) in [6, 6.07) is 7.13. The first kappa shape index (κ1) is 14.4. The Morgan fingerprint density at radius 2 is 2.10 bits per heavy atom. The fraction of sp³-hybridized carbons (Fsp3) is 0.400. The predicted molar refractivity (Wildman–Crippen MR) is 82.7 cm³/mol. The number of nitrogens with one attached hydrogen (secondary N) is 1. The minimum absolute atomic E-state index is 0.0399. The molecule has 112 valence electrons. The molecular formula is C15H19N3O2S. The van der Waals surface area contributed by atoms with Gasteiger partial charge in [0.2, 0.25) is 10.0 Å².